The SMILES string of the molecule is NS(=O)(=O)c1ccccc1-c1cccc(CC(=O)N2CCOCC2)n1. The van der Waals surface area contributed by atoms with Crippen molar-refractivity contribution in [1.29, 1.82) is 0 Å². The summed E-state index contributed by atoms with van der Waals surface area (Å²) in [4.78, 5) is 18.6. The normalized spacial score (nSPS) is 15.2. The number of aromatic nitrogens is 1. The van der Waals surface area contributed by atoms with E-state index in [-0.39, 0.29) is 17.2 Å². The molecule has 2 N–H and O–H groups in total. The number of hydrogen-bond donors (Lipinski definition) is 1. The molecule has 3 rings (SSSR count). The second-order valence-corrected chi connectivity index (χ2v) is 7.26. The molecule has 1 fully saturated rings. The Labute approximate surface area is 146 Å². The number of sulfonamides is 1. The molecule has 2 heterocycles. The highest BCUT2D eigenvalue weighted by molar-refractivity contribution is 7.89. The van der Waals surface area contributed by atoms with Gasteiger partial charge in [-0.15, -0.1) is 0 Å². The molecule has 0 unspecified atom stereocenters. The Balaban J connectivity index is 1.86. The summed E-state index contributed by atoms with van der Waals surface area (Å²) < 4.78 is 28.8. The summed E-state index contributed by atoms with van der Waals surface area (Å²) in [5.41, 5.74) is 1.47. The predicted octanol–water partition coefficient (Wildman–Crippen LogP) is 0.797. The van der Waals surface area contributed by atoms with E-state index in [1.807, 2.05) is 0 Å². The van der Waals surface area contributed by atoms with Gasteiger partial charge < -0.3 is 9.64 Å². The molecule has 7 nitrogen and oxygen atoms in total. The molecule has 0 radical (unpaired) electrons. The van der Waals surface area contributed by atoms with Crippen LogP contribution in [-0.2, 0) is 26.0 Å². The van der Waals surface area contributed by atoms with Gasteiger partial charge in [-0.05, 0) is 18.2 Å². The lowest BCUT2D eigenvalue weighted by molar-refractivity contribution is -0.134. The zero-order chi connectivity index (χ0) is 17.9. The fraction of sp³-hybridized carbons (Fsp3) is 0.294. The highest BCUT2D eigenvalue weighted by Crippen LogP contribution is 2.25. The predicted molar refractivity (Wildman–Crippen MR) is 92.1 cm³/mol. The summed E-state index contributed by atoms with van der Waals surface area (Å²) in [6.07, 6.45) is 0.158. The second-order valence-electron chi connectivity index (χ2n) is 5.73. The lowest BCUT2D eigenvalue weighted by Gasteiger charge is -2.26. The number of rotatable bonds is 4. The summed E-state index contributed by atoms with van der Waals surface area (Å²) in [5, 5.41) is 5.28. The lowest BCUT2D eigenvalue weighted by atomic mass is 10.1. The van der Waals surface area contributed by atoms with E-state index in [1.54, 1.807) is 41.3 Å². The third-order valence-corrected chi connectivity index (χ3v) is 4.94. The van der Waals surface area contributed by atoms with E-state index in [1.165, 1.54) is 6.07 Å². The van der Waals surface area contributed by atoms with Crippen LogP contribution in [0.4, 0.5) is 0 Å². The maximum Gasteiger partial charge on any atom is 0.238 e. The molecular weight excluding hydrogens is 342 g/mol. The van der Waals surface area contributed by atoms with Crippen molar-refractivity contribution < 1.29 is 17.9 Å². The lowest BCUT2D eigenvalue weighted by Crippen LogP contribution is -2.41. The number of ether oxygens (including phenoxy) is 1. The van der Waals surface area contributed by atoms with E-state index in [0.29, 0.717) is 43.3 Å². The number of carbonyl (C=O) groups excluding carboxylic acids is 1. The van der Waals surface area contributed by atoms with Crippen molar-refractivity contribution in [2.24, 2.45) is 5.14 Å². The largest absolute Gasteiger partial charge is 0.378 e. The first-order chi connectivity index (χ1) is 11.9. The standard InChI is InChI=1S/C17H19N3O4S/c18-25(22,23)16-7-2-1-5-14(16)15-6-3-4-13(19-15)12-17(21)20-8-10-24-11-9-20/h1-7H,8-12H2,(H2,18,22,23). The molecule has 0 bridgehead atoms. The zero-order valence-electron chi connectivity index (χ0n) is 13.6. The highest BCUT2D eigenvalue weighted by atomic mass is 32.2. The van der Waals surface area contributed by atoms with Crippen LogP contribution in [0.15, 0.2) is 47.4 Å². The fourth-order valence-corrected chi connectivity index (χ4v) is 3.48. The van der Waals surface area contributed by atoms with Crippen molar-refractivity contribution in [2.45, 2.75) is 11.3 Å². The van der Waals surface area contributed by atoms with E-state index >= 15 is 0 Å². The first kappa shape index (κ1) is 17.5. The van der Waals surface area contributed by atoms with E-state index in [0.717, 1.165) is 0 Å². The Hall–Kier alpha value is -2.29. The van der Waals surface area contributed by atoms with Crippen LogP contribution < -0.4 is 5.14 Å². The summed E-state index contributed by atoms with van der Waals surface area (Å²) in [7, 11) is -3.86. The van der Waals surface area contributed by atoms with Gasteiger partial charge in [-0.1, -0.05) is 24.3 Å². The number of morpholine rings is 1. The Morgan fingerprint density at radius 3 is 2.56 bits per heavy atom. The Morgan fingerprint density at radius 1 is 1.12 bits per heavy atom. The Kier molecular flexibility index (Phi) is 5.12. The number of nitrogens with two attached hydrogens (primary N) is 1. The van der Waals surface area contributed by atoms with Gasteiger partial charge in [0.15, 0.2) is 0 Å². The molecule has 1 aliphatic rings. The summed E-state index contributed by atoms with van der Waals surface area (Å²) in [5.74, 6) is -0.0207. The molecule has 8 heteroatoms. The number of pyridine rings is 1. The first-order valence-corrected chi connectivity index (χ1v) is 9.43. The van der Waals surface area contributed by atoms with Gasteiger partial charge in [0.05, 0.1) is 35.9 Å². The van der Waals surface area contributed by atoms with E-state index in [9.17, 15) is 13.2 Å². The first-order valence-electron chi connectivity index (χ1n) is 7.89. The third kappa shape index (κ3) is 4.22. The van der Waals surface area contributed by atoms with Crippen molar-refractivity contribution in [1.82, 2.24) is 9.88 Å². The second kappa shape index (κ2) is 7.30. The Bertz CT molecular complexity index is 877. The monoisotopic (exact) mass is 361 g/mol. The molecule has 1 aromatic carbocycles. The van der Waals surface area contributed by atoms with Gasteiger partial charge in [-0.25, -0.2) is 13.6 Å². The number of carbonyl (C=O) groups is 1. The molecule has 132 valence electrons. The quantitative estimate of drug-likeness (QED) is 0.868. The average molecular weight is 361 g/mol. The molecule has 0 saturated carbocycles. The van der Waals surface area contributed by atoms with Crippen molar-refractivity contribution >= 4 is 15.9 Å². The van der Waals surface area contributed by atoms with Gasteiger partial charge >= 0.3 is 0 Å². The van der Waals surface area contributed by atoms with Gasteiger partial charge in [0, 0.05) is 18.7 Å². The minimum absolute atomic E-state index is 0.0131. The molecular formula is C17H19N3O4S. The summed E-state index contributed by atoms with van der Waals surface area (Å²) in [6, 6.07) is 11.6. The van der Waals surface area contributed by atoms with Crippen LogP contribution in [0.1, 0.15) is 5.69 Å². The highest BCUT2D eigenvalue weighted by Gasteiger charge is 2.19. The van der Waals surface area contributed by atoms with Gasteiger partial charge in [0.2, 0.25) is 15.9 Å². The van der Waals surface area contributed by atoms with Crippen molar-refractivity contribution in [2.75, 3.05) is 26.3 Å². The van der Waals surface area contributed by atoms with Crippen LogP contribution in [0, 0.1) is 0 Å². The van der Waals surface area contributed by atoms with E-state index in [2.05, 4.69) is 4.98 Å². The molecule has 0 spiro atoms. The summed E-state index contributed by atoms with van der Waals surface area (Å²) >= 11 is 0. The van der Waals surface area contributed by atoms with Crippen LogP contribution in [0.5, 0.6) is 0 Å². The van der Waals surface area contributed by atoms with E-state index in [4.69, 9.17) is 9.88 Å². The van der Waals surface area contributed by atoms with Crippen molar-refractivity contribution in [3.05, 3.63) is 48.2 Å². The minimum Gasteiger partial charge on any atom is -0.378 e. The van der Waals surface area contributed by atoms with Gasteiger partial charge in [-0.3, -0.25) is 9.78 Å². The maximum absolute atomic E-state index is 12.4. The number of benzene rings is 1. The third-order valence-electron chi connectivity index (χ3n) is 3.97. The van der Waals surface area contributed by atoms with Crippen molar-refractivity contribution in [3.8, 4) is 11.3 Å². The molecule has 2 aromatic rings. The van der Waals surface area contributed by atoms with Gasteiger partial charge in [0.1, 0.15) is 0 Å². The van der Waals surface area contributed by atoms with Gasteiger partial charge in [-0.2, -0.15) is 0 Å². The summed E-state index contributed by atoms with van der Waals surface area (Å²) in [6.45, 7) is 2.24. The van der Waals surface area contributed by atoms with Crippen molar-refractivity contribution in [3.63, 3.8) is 0 Å². The molecule has 1 saturated heterocycles. The van der Waals surface area contributed by atoms with Gasteiger partial charge in [0.25, 0.3) is 0 Å². The van der Waals surface area contributed by atoms with Crippen LogP contribution >= 0.6 is 0 Å². The van der Waals surface area contributed by atoms with Crippen LogP contribution in [0.25, 0.3) is 11.3 Å². The van der Waals surface area contributed by atoms with Crippen LogP contribution in [0.3, 0.4) is 0 Å². The number of amides is 1. The maximum atomic E-state index is 12.4. The molecule has 0 atom stereocenters. The molecule has 25 heavy (non-hydrogen) atoms. The molecule has 1 amide bonds. The molecule has 1 aromatic heterocycles. The number of nitrogens with zero attached hydrogens (tertiary/aromatic N) is 2. The van der Waals surface area contributed by atoms with Crippen LogP contribution in [0.2, 0.25) is 0 Å². The molecule has 1 aliphatic heterocycles. The minimum atomic E-state index is -3.86. The zero-order valence-corrected chi connectivity index (χ0v) is 14.4. The van der Waals surface area contributed by atoms with E-state index < -0.39 is 10.0 Å². The fourth-order valence-electron chi connectivity index (χ4n) is 2.73. The number of hydrogen-bond acceptors (Lipinski definition) is 5. The van der Waals surface area contributed by atoms with Crippen LogP contribution in [-0.4, -0.2) is 50.5 Å². The Morgan fingerprint density at radius 2 is 1.84 bits per heavy atom. The number of primary sulfonamides is 1. The molecule has 0 aliphatic carbocycles. The average Bonchev–Trinajstić information content (AvgIpc) is 2.62. The smallest absolute Gasteiger partial charge is 0.238 e. The topological polar surface area (TPSA) is 103 Å².